The summed E-state index contributed by atoms with van der Waals surface area (Å²) in [7, 11) is 0. The van der Waals surface area contributed by atoms with Crippen LogP contribution in [0.5, 0.6) is 11.5 Å². The van der Waals surface area contributed by atoms with Crippen LogP contribution in [0.4, 0.5) is 4.79 Å². The van der Waals surface area contributed by atoms with E-state index >= 15 is 0 Å². The Kier molecular flexibility index (Phi) is 4.33. The summed E-state index contributed by atoms with van der Waals surface area (Å²) in [4.78, 5) is 20.5. The van der Waals surface area contributed by atoms with E-state index in [2.05, 4.69) is 4.74 Å². The normalized spacial score (nSPS) is 13.4. The third-order valence-corrected chi connectivity index (χ3v) is 2.17. The molecular weight excluding hydrogens is 266 g/mol. The molecule has 0 aliphatic carbocycles. The zero-order chi connectivity index (χ0) is 12.4. The van der Waals surface area contributed by atoms with E-state index in [0.717, 1.165) is 0 Å². The maximum Gasteiger partial charge on any atom is 0.409 e. The van der Waals surface area contributed by atoms with Gasteiger partial charge in [0, 0.05) is 11.6 Å². The lowest BCUT2D eigenvalue weighted by molar-refractivity contribution is -0.574. The molecule has 1 aliphatic heterocycles. The molecule has 0 fully saturated rings. The maximum atomic E-state index is 10.7. The number of benzene rings is 1. The summed E-state index contributed by atoms with van der Waals surface area (Å²) in [5, 5.41) is 10.7. The van der Waals surface area contributed by atoms with Crippen LogP contribution in [-0.4, -0.2) is 17.1 Å². The molecule has 0 N–H and O–H groups in total. The highest BCUT2D eigenvalue weighted by Gasteiger charge is 2.28. The number of hydrogen-bond acceptors (Lipinski definition) is 6. The number of nitrogens with zero attached hydrogens (tertiary/aromatic N) is 1. The third kappa shape index (κ3) is 2.80. The van der Waals surface area contributed by atoms with Crippen LogP contribution in [0.25, 0.3) is 0 Å². The van der Waals surface area contributed by atoms with Crippen LogP contribution < -0.4 is 9.47 Å². The average Bonchev–Trinajstić information content (AvgIpc) is 2.72. The van der Waals surface area contributed by atoms with Gasteiger partial charge in [0.05, 0.1) is 10.5 Å². The lowest BCUT2D eigenvalue weighted by Gasteiger charge is -2.08. The Morgan fingerprint density at radius 2 is 2.11 bits per heavy atom. The van der Waals surface area contributed by atoms with Gasteiger partial charge in [-0.3, -0.25) is 10.1 Å². The van der Waals surface area contributed by atoms with Crippen LogP contribution in [-0.2, 0) is 4.74 Å². The number of halogens is 1. The molecule has 0 aromatic heterocycles. The first-order valence-electron chi connectivity index (χ1n) is 4.47. The molecule has 0 saturated heterocycles. The largest absolute Gasteiger partial charge is 0.454 e. The molecule has 98 valence electrons. The first-order chi connectivity index (χ1) is 8.08. The number of rotatable bonds is 3. The number of carbonyl (C=O) groups excluding carboxylic acids is 1. The third-order valence-electron chi connectivity index (χ3n) is 2.08. The monoisotopic (exact) mass is 275 g/mol. The minimum absolute atomic E-state index is 0. The first-order valence-corrected chi connectivity index (χ1v) is 4.85. The second-order valence-electron chi connectivity index (χ2n) is 3.11. The minimum atomic E-state index is -1.66. The Morgan fingerprint density at radius 3 is 2.72 bits per heavy atom. The molecule has 1 aromatic carbocycles. The molecule has 1 unspecified atom stereocenters. The highest BCUT2D eigenvalue weighted by atomic mass is 35.5. The molecule has 0 amide bonds. The number of hydrogen-bond donors (Lipinski definition) is 0. The van der Waals surface area contributed by atoms with Crippen molar-refractivity contribution in [2.75, 3.05) is 6.79 Å². The van der Waals surface area contributed by atoms with Crippen LogP contribution in [0, 0.1) is 10.1 Å². The van der Waals surface area contributed by atoms with Crippen LogP contribution in [0.2, 0.25) is 0 Å². The quantitative estimate of drug-likeness (QED) is 0.365. The first kappa shape index (κ1) is 14.0. The highest BCUT2D eigenvalue weighted by Crippen LogP contribution is 2.35. The van der Waals surface area contributed by atoms with Gasteiger partial charge >= 0.3 is 11.7 Å². The smallest absolute Gasteiger partial charge is 0.409 e. The zero-order valence-corrected chi connectivity index (χ0v) is 9.05. The molecule has 1 aromatic rings. The summed E-state index contributed by atoms with van der Waals surface area (Å²) in [6, 6.07) is 4.27. The molecular formula is C10H10ClNO6. The van der Waals surface area contributed by atoms with E-state index in [-0.39, 0.29) is 19.8 Å². The standard InChI is InChI=1S/C9H6ClNO6.CH4/c10-9(12)17-8(11(13)14)5-1-2-6-7(3-5)16-4-15-6;/h1-3,8H,4H2;1H4. The van der Waals surface area contributed by atoms with Crippen molar-refractivity contribution in [3.63, 3.8) is 0 Å². The summed E-state index contributed by atoms with van der Waals surface area (Å²) < 4.78 is 14.5. The minimum Gasteiger partial charge on any atom is -0.454 e. The van der Waals surface area contributed by atoms with E-state index in [1.54, 1.807) is 0 Å². The maximum absolute atomic E-state index is 10.7. The summed E-state index contributed by atoms with van der Waals surface area (Å²) >= 11 is 4.96. The van der Waals surface area contributed by atoms with Gasteiger partial charge in [-0.1, -0.05) is 7.43 Å². The van der Waals surface area contributed by atoms with E-state index in [1.807, 2.05) is 0 Å². The van der Waals surface area contributed by atoms with Gasteiger partial charge in [0.1, 0.15) is 0 Å². The van der Waals surface area contributed by atoms with E-state index in [9.17, 15) is 14.9 Å². The molecule has 1 aliphatic rings. The van der Waals surface area contributed by atoms with Crippen molar-refractivity contribution in [3.8, 4) is 11.5 Å². The molecule has 0 bridgehead atoms. The fourth-order valence-corrected chi connectivity index (χ4v) is 1.47. The van der Waals surface area contributed by atoms with Gasteiger partial charge in [-0.05, 0) is 18.2 Å². The lowest BCUT2D eigenvalue weighted by Crippen LogP contribution is -2.15. The average molecular weight is 276 g/mol. The van der Waals surface area contributed by atoms with Crippen LogP contribution in [0.3, 0.4) is 0 Å². The fourth-order valence-electron chi connectivity index (χ4n) is 1.39. The van der Waals surface area contributed by atoms with Gasteiger partial charge < -0.3 is 14.2 Å². The van der Waals surface area contributed by atoms with Gasteiger partial charge in [0.2, 0.25) is 6.79 Å². The molecule has 1 atom stereocenters. The summed E-state index contributed by atoms with van der Waals surface area (Å²) in [5.41, 5.74) is -1.10. The molecule has 1 heterocycles. The second kappa shape index (κ2) is 5.54. The Hall–Kier alpha value is -2.02. The van der Waals surface area contributed by atoms with Crippen molar-refractivity contribution in [1.29, 1.82) is 0 Å². The molecule has 18 heavy (non-hydrogen) atoms. The molecule has 7 nitrogen and oxygen atoms in total. The van der Waals surface area contributed by atoms with Crippen LogP contribution in [0.1, 0.15) is 19.2 Å². The Balaban J connectivity index is 0.00000162. The van der Waals surface area contributed by atoms with Gasteiger partial charge in [-0.2, -0.15) is 0 Å². The van der Waals surface area contributed by atoms with Gasteiger partial charge in [-0.25, -0.2) is 4.79 Å². The topological polar surface area (TPSA) is 87.9 Å². The molecule has 0 spiro atoms. The fraction of sp³-hybridized carbons (Fsp3) is 0.300. The molecule has 8 heteroatoms. The summed E-state index contributed by atoms with van der Waals surface area (Å²) in [5.74, 6) is 0.841. The molecule has 0 radical (unpaired) electrons. The van der Waals surface area contributed by atoms with E-state index in [0.29, 0.717) is 11.5 Å². The van der Waals surface area contributed by atoms with Crippen molar-refractivity contribution >= 4 is 17.0 Å². The van der Waals surface area contributed by atoms with Gasteiger partial charge in [-0.15, -0.1) is 0 Å². The molecule has 0 saturated carbocycles. The predicted molar refractivity (Wildman–Crippen MR) is 61.4 cm³/mol. The number of fused-ring (bicyclic) bond motifs is 1. The Bertz CT molecular complexity index is 477. The number of nitro groups is 1. The summed E-state index contributed by atoms with van der Waals surface area (Å²) in [6.07, 6.45) is -1.66. The zero-order valence-electron chi connectivity index (χ0n) is 8.29. The van der Waals surface area contributed by atoms with Crippen molar-refractivity contribution in [2.45, 2.75) is 13.7 Å². The van der Waals surface area contributed by atoms with Crippen molar-refractivity contribution in [1.82, 2.24) is 0 Å². The van der Waals surface area contributed by atoms with E-state index in [4.69, 9.17) is 21.1 Å². The number of carbonyl (C=O) groups is 1. The number of ether oxygens (including phenoxy) is 3. The second-order valence-corrected chi connectivity index (χ2v) is 3.41. The van der Waals surface area contributed by atoms with Crippen molar-refractivity contribution in [3.05, 3.63) is 33.9 Å². The SMILES string of the molecule is C.O=C(Cl)OC(c1ccc2c(c1)OCO2)[N+](=O)[O-]. The van der Waals surface area contributed by atoms with E-state index < -0.39 is 16.6 Å². The predicted octanol–water partition coefficient (Wildman–Crippen LogP) is 2.70. The Labute approximate surface area is 107 Å². The molecule has 2 rings (SSSR count). The van der Waals surface area contributed by atoms with Crippen LogP contribution in [0.15, 0.2) is 18.2 Å². The highest BCUT2D eigenvalue weighted by molar-refractivity contribution is 6.61. The van der Waals surface area contributed by atoms with Gasteiger partial charge in [0.15, 0.2) is 11.5 Å². The Morgan fingerprint density at radius 1 is 1.44 bits per heavy atom. The van der Waals surface area contributed by atoms with Crippen molar-refractivity contribution in [2.24, 2.45) is 0 Å². The summed E-state index contributed by atoms with van der Waals surface area (Å²) in [6.45, 7) is 0.0528. The lowest BCUT2D eigenvalue weighted by atomic mass is 10.2. The van der Waals surface area contributed by atoms with E-state index in [1.165, 1.54) is 18.2 Å². The van der Waals surface area contributed by atoms with Crippen molar-refractivity contribution < 1.29 is 23.9 Å². The van der Waals surface area contributed by atoms with Gasteiger partial charge in [0.25, 0.3) is 0 Å². The van der Waals surface area contributed by atoms with Crippen LogP contribution >= 0.6 is 11.6 Å².